The third kappa shape index (κ3) is 6.42. The van der Waals surface area contributed by atoms with E-state index in [-0.39, 0.29) is 23.3 Å². The molecule has 1 aliphatic carbocycles. The van der Waals surface area contributed by atoms with Crippen LogP contribution in [-0.4, -0.2) is 38.5 Å². The molecule has 0 amide bonds. The number of anilines is 2. The van der Waals surface area contributed by atoms with Gasteiger partial charge in [0.1, 0.15) is 23.8 Å². The van der Waals surface area contributed by atoms with E-state index >= 15 is 0 Å². The number of amidine groups is 1. The average molecular weight is 564 g/mol. The van der Waals surface area contributed by atoms with Gasteiger partial charge < -0.3 is 16.0 Å². The number of aliphatic imine (C=N–C) groups is 1. The second-order valence-electron chi connectivity index (χ2n) is 10.2. The van der Waals surface area contributed by atoms with Crippen molar-refractivity contribution in [1.29, 1.82) is 5.41 Å². The van der Waals surface area contributed by atoms with Crippen molar-refractivity contribution < 1.29 is 13.2 Å². The Hall–Kier alpha value is -4.21. The highest BCUT2D eigenvalue weighted by atomic mass is 19.4. The standard InChI is InChI=1S/C31H36F3N7/c1-6-9-20(7-2)10-11-21(8-3)27(35)26-28(36)37-17-38-29(26)39-18(4)30-40-25-16-22(31(32,33)34)12-15-24(25)19(5)41(30)23-13-14-23/h8,10-12,15-18,23,35H,3,5-7,9,13-14H2,1-2,4H3,(H3,36,37,38,39)/b20-10-,21-11+,35-27?. The molecule has 1 aliphatic heterocycles. The van der Waals surface area contributed by atoms with Crippen molar-refractivity contribution >= 4 is 34.6 Å². The summed E-state index contributed by atoms with van der Waals surface area (Å²) in [5, 5.41) is 12.3. The van der Waals surface area contributed by atoms with E-state index in [9.17, 15) is 13.2 Å². The van der Waals surface area contributed by atoms with Gasteiger partial charge in [0.15, 0.2) is 0 Å². The molecular formula is C31H36F3N7. The summed E-state index contributed by atoms with van der Waals surface area (Å²) in [6, 6.07) is 3.19. The number of allylic oxidation sites excluding steroid dienone is 5. The second kappa shape index (κ2) is 12.1. The van der Waals surface area contributed by atoms with Crippen LogP contribution >= 0.6 is 0 Å². The Morgan fingerprint density at radius 1 is 1.24 bits per heavy atom. The van der Waals surface area contributed by atoms with Gasteiger partial charge in [-0.25, -0.2) is 15.0 Å². The minimum Gasteiger partial charge on any atom is -0.383 e. The first kappa shape index (κ1) is 29.8. The molecule has 0 saturated heterocycles. The average Bonchev–Trinajstić information content (AvgIpc) is 3.77. The van der Waals surface area contributed by atoms with E-state index in [4.69, 9.17) is 11.1 Å². The molecule has 0 spiro atoms. The fourth-order valence-corrected chi connectivity index (χ4v) is 4.86. The molecule has 2 aliphatic rings. The molecule has 0 radical (unpaired) electrons. The molecular weight excluding hydrogens is 527 g/mol. The summed E-state index contributed by atoms with van der Waals surface area (Å²) in [4.78, 5) is 15.2. The van der Waals surface area contributed by atoms with Crippen LogP contribution in [0.4, 0.5) is 30.5 Å². The highest BCUT2D eigenvalue weighted by Gasteiger charge is 2.39. The van der Waals surface area contributed by atoms with E-state index < -0.39 is 17.8 Å². The van der Waals surface area contributed by atoms with Gasteiger partial charge in [-0.05, 0) is 50.3 Å². The van der Waals surface area contributed by atoms with Crippen molar-refractivity contribution in [2.75, 3.05) is 11.1 Å². The van der Waals surface area contributed by atoms with Crippen LogP contribution in [0.3, 0.4) is 0 Å². The first-order chi connectivity index (χ1) is 19.5. The van der Waals surface area contributed by atoms with E-state index in [1.165, 1.54) is 18.0 Å². The predicted molar refractivity (Wildman–Crippen MR) is 160 cm³/mol. The van der Waals surface area contributed by atoms with Gasteiger partial charge in [-0.15, -0.1) is 0 Å². The number of hydrogen-bond donors (Lipinski definition) is 3. The maximum Gasteiger partial charge on any atom is 0.416 e. The van der Waals surface area contributed by atoms with Crippen LogP contribution in [0.15, 0.2) is 72.1 Å². The Bertz CT molecular complexity index is 1450. The van der Waals surface area contributed by atoms with Crippen molar-refractivity contribution in [2.24, 2.45) is 4.99 Å². The van der Waals surface area contributed by atoms with E-state index in [2.05, 4.69) is 47.3 Å². The van der Waals surface area contributed by atoms with Gasteiger partial charge >= 0.3 is 6.18 Å². The summed E-state index contributed by atoms with van der Waals surface area (Å²) in [6.07, 6.45) is 7.01. The van der Waals surface area contributed by atoms with Crippen molar-refractivity contribution in [1.82, 2.24) is 14.9 Å². The first-order valence-electron chi connectivity index (χ1n) is 13.8. The van der Waals surface area contributed by atoms with Crippen LogP contribution in [0, 0.1) is 5.41 Å². The Kier molecular flexibility index (Phi) is 8.80. The minimum absolute atomic E-state index is 0.102. The number of aromatic nitrogens is 2. The van der Waals surface area contributed by atoms with Crippen LogP contribution in [0.25, 0.3) is 5.70 Å². The molecule has 1 atom stereocenters. The van der Waals surface area contributed by atoms with Crippen molar-refractivity contribution in [3.8, 4) is 0 Å². The topological polar surface area (TPSA) is 103 Å². The molecule has 4 N–H and O–H groups in total. The Morgan fingerprint density at radius 2 is 1.98 bits per heavy atom. The van der Waals surface area contributed by atoms with Gasteiger partial charge in [-0.3, -0.25) is 5.41 Å². The predicted octanol–water partition coefficient (Wildman–Crippen LogP) is 7.67. The molecule has 4 rings (SSSR count). The van der Waals surface area contributed by atoms with E-state index in [0.717, 1.165) is 44.2 Å². The van der Waals surface area contributed by atoms with Gasteiger partial charge in [0.25, 0.3) is 0 Å². The van der Waals surface area contributed by atoms with Crippen LogP contribution in [0.2, 0.25) is 0 Å². The smallest absolute Gasteiger partial charge is 0.383 e. The van der Waals surface area contributed by atoms with Crippen LogP contribution in [-0.2, 0) is 6.18 Å². The Labute approximate surface area is 239 Å². The van der Waals surface area contributed by atoms with E-state index in [1.807, 2.05) is 24.0 Å². The lowest BCUT2D eigenvalue weighted by Gasteiger charge is -2.36. The number of halogens is 3. The molecule has 1 aromatic heterocycles. The number of nitrogens with zero attached hydrogens (tertiary/aromatic N) is 4. The van der Waals surface area contributed by atoms with Crippen molar-refractivity contribution in [2.45, 2.75) is 71.1 Å². The highest BCUT2D eigenvalue weighted by Crippen LogP contribution is 2.43. The first-order valence-corrected chi connectivity index (χ1v) is 13.8. The molecule has 1 aromatic carbocycles. The summed E-state index contributed by atoms with van der Waals surface area (Å²) < 4.78 is 40.4. The Morgan fingerprint density at radius 3 is 2.59 bits per heavy atom. The van der Waals surface area contributed by atoms with E-state index in [1.54, 1.807) is 6.08 Å². The fraction of sp³-hybridized carbons (Fsp3) is 0.355. The summed E-state index contributed by atoms with van der Waals surface area (Å²) in [6.45, 7) is 14.2. The summed E-state index contributed by atoms with van der Waals surface area (Å²) in [5.74, 6) is 0.957. The quantitative estimate of drug-likeness (QED) is 0.192. The summed E-state index contributed by atoms with van der Waals surface area (Å²) in [7, 11) is 0. The SMILES string of the molecule is C=C/C(=C\C=C(\CC)CCC)C(=N)c1c(N)ncnc1NC(C)C1=Nc2cc(C(F)(F)F)ccc2C(=C)N1C1CC1. The molecule has 2 aromatic rings. The lowest BCUT2D eigenvalue weighted by atomic mass is 10.00. The zero-order chi connectivity index (χ0) is 29.9. The van der Waals surface area contributed by atoms with E-state index in [0.29, 0.717) is 34.1 Å². The number of nitrogen functional groups attached to an aromatic ring is 1. The van der Waals surface area contributed by atoms with Gasteiger partial charge in [0, 0.05) is 17.3 Å². The normalized spacial score (nSPS) is 16.7. The van der Waals surface area contributed by atoms with Crippen LogP contribution in [0.1, 0.15) is 69.6 Å². The van der Waals surface area contributed by atoms with Gasteiger partial charge in [0.2, 0.25) is 0 Å². The molecule has 10 heteroatoms. The molecule has 7 nitrogen and oxygen atoms in total. The molecule has 41 heavy (non-hydrogen) atoms. The lowest BCUT2D eigenvalue weighted by molar-refractivity contribution is -0.137. The number of nitrogens with two attached hydrogens (primary N) is 1. The monoisotopic (exact) mass is 563 g/mol. The third-order valence-electron chi connectivity index (χ3n) is 7.22. The largest absolute Gasteiger partial charge is 0.416 e. The number of benzene rings is 1. The van der Waals surface area contributed by atoms with Crippen molar-refractivity contribution in [3.63, 3.8) is 0 Å². The lowest BCUT2D eigenvalue weighted by Crippen LogP contribution is -2.43. The van der Waals surface area contributed by atoms with Gasteiger partial charge in [0.05, 0.1) is 28.6 Å². The van der Waals surface area contributed by atoms with Crippen LogP contribution in [0.5, 0.6) is 0 Å². The molecule has 2 heterocycles. The Balaban J connectivity index is 1.71. The van der Waals surface area contributed by atoms with Gasteiger partial charge in [-0.2, -0.15) is 13.2 Å². The zero-order valence-corrected chi connectivity index (χ0v) is 23.6. The number of nitrogens with one attached hydrogen (secondary N) is 2. The fourth-order valence-electron chi connectivity index (χ4n) is 4.86. The molecule has 216 valence electrons. The van der Waals surface area contributed by atoms with Gasteiger partial charge in [-0.1, -0.05) is 63.3 Å². The number of rotatable bonds is 11. The second-order valence-corrected chi connectivity index (χ2v) is 10.2. The minimum atomic E-state index is -4.49. The molecule has 0 bridgehead atoms. The molecule has 1 unspecified atom stereocenters. The summed E-state index contributed by atoms with van der Waals surface area (Å²) in [5.41, 5.74) is 9.09. The number of alkyl halides is 3. The highest BCUT2D eigenvalue weighted by molar-refractivity contribution is 6.17. The molecule has 1 fully saturated rings. The van der Waals surface area contributed by atoms with Crippen LogP contribution < -0.4 is 11.1 Å². The maximum absolute atomic E-state index is 13.5. The maximum atomic E-state index is 13.5. The number of hydrogen-bond acceptors (Lipinski definition) is 7. The van der Waals surface area contributed by atoms with Crippen molar-refractivity contribution in [3.05, 3.63) is 83.7 Å². The summed E-state index contributed by atoms with van der Waals surface area (Å²) >= 11 is 0. The zero-order valence-electron chi connectivity index (χ0n) is 23.6. The molecule has 1 saturated carbocycles. The third-order valence-corrected chi connectivity index (χ3v) is 7.22. The number of fused-ring (bicyclic) bond motifs is 1.